The summed E-state index contributed by atoms with van der Waals surface area (Å²) in [6.45, 7) is 0.592. The van der Waals surface area contributed by atoms with E-state index in [2.05, 4.69) is 41.0 Å². The quantitative estimate of drug-likeness (QED) is 0.155. The Labute approximate surface area is 208 Å². The van der Waals surface area contributed by atoms with Crippen LogP contribution in [0.15, 0.2) is 91.0 Å². The molecule has 0 spiro atoms. The molecular formula is C29H32N2O3P+. The molecular weight excluding hydrogens is 455 g/mol. The van der Waals surface area contributed by atoms with Crippen LogP contribution in [0.1, 0.15) is 38.5 Å². The summed E-state index contributed by atoms with van der Waals surface area (Å²) < 4.78 is 19.2. The third-order valence-corrected chi connectivity index (χ3v) is 6.63. The van der Waals surface area contributed by atoms with Crippen LogP contribution >= 0.6 is 8.03 Å². The first-order valence-electron chi connectivity index (χ1n) is 12.3. The number of rotatable bonds is 13. The lowest BCUT2D eigenvalue weighted by Gasteiger charge is -2.13. The first kappa shape index (κ1) is 24.8. The lowest BCUT2D eigenvalue weighted by molar-refractivity contribution is 0.278. The number of unbranched alkanes of at least 4 members (excludes halogenated alkanes) is 5. The van der Waals surface area contributed by atoms with Crippen LogP contribution in [-0.2, 0) is 4.57 Å². The monoisotopic (exact) mass is 487 g/mol. The Morgan fingerprint density at radius 1 is 0.714 bits per heavy atom. The summed E-state index contributed by atoms with van der Waals surface area (Å²) >= 11 is 0. The second kappa shape index (κ2) is 13.0. The smallest absolute Gasteiger partial charge is 0.464 e. The van der Waals surface area contributed by atoms with Crippen LogP contribution in [0.2, 0.25) is 0 Å². The summed E-state index contributed by atoms with van der Waals surface area (Å²) in [6.07, 6.45) is 6.42. The first-order chi connectivity index (χ1) is 17.2. The van der Waals surface area contributed by atoms with Gasteiger partial charge in [0.1, 0.15) is 5.69 Å². The Hall–Kier alpha value is -3.27. The van der Waals surface area contributed by atoms with Crippen molar-refractivity contribution in [1.29, 1.82) is 0 Å². The predicted octanol–water partition coefficient (Wildman–Crippen LogP) is 7.66. The predicted molar refractivity (Wildman–Crippen MR) is 142 cm³/mol. The summed E-state index contributed by atoms with van der Waals surface area (Å²) in [5, 5.41) is 0. The van der Waals surface area contributed by atoms with Gasteiger partial charge in [0.05, 0.1) is 18.0 Å². The van der Waals surface area contributed by atoms with Crippen molar-refractivity contribution in [3.05, 3.63) is 91.0 Å². The Morgan fingerprint density at radius 2 is 1.26 bits per heavy atom. The van der Waals surface area contributed by atoms with E-state index in [0.29, 0.717) is 18.8 Å². The summed E-state index contributed by atoms with van der Waals surface area (Å²) in [4.78, 5) is 13.9. The molecule has 1 heterocycles. The first-order valence-corrected chi connectivity index (χ1v) is 13.7. The lowest BCUT2D eigenvalue weighted by atomic mass is 10.0. The molecule has 0 saturated carbocycles. The molecule has 0 fully saturated rings. The van der Waals surface area contributed by atoms with E-state index >= 15 is 0 Å². The fourth-order valence-corrected chi connectivity index (χ4v) is 4.69. The lowest BCUT2D eigenvalue weighted by Crippen LogP contribution is -2.05. The number of benzene rings is 3. The highest BCUT2D eigenvalue weighted by atomic mass is 31.1. The van der Waals surface area contributed by atoms with Gasteiger partial charge in [-0.25, -0.2) is 0 Å². The van der Waals surface area contributed by atoms with Gasteiger partial charge >= 0.3 is 14.0 Å². The molecule has 6 heteroatoms. The standard InChI is InChI=1S/C29H31N2O3P/c32-35(33)23-15-4-2-1-3-14-22-34-29-30-27(24-16-8-5-9-17-24)28(25-18-10-6-11-19-25)31(29)26-20-12-7-13-21-26/h5-13,16-21H,1-4,14-15,22-23H2/p+1. The minimum atomic E-state index is -1.99. The van der Waals surface area contributed by atoms with E-state index in [0.717, 1.165) is 66.7 Å². The van der Waals surface area contributed by atoms with Gasteiger partial charge in [-0.3, -0.25) is 4.57 Å². The molecule has 1 N–H and O–H groups in total. The zero-order valence-corrected chi connectivity index (χ0v) is 20.8. The van der Waals surface area contributed by atoms with Gasteiger partial charge in [-0.05, 0) is 36.0 Å². The topological polar surface area (TPSA) is 64.3 Å². The van der Waals surface area contributed by atoms with E-state index in [-0.39, 0.29) is 0 Å². The molecule has 0 aliphatic heterocycles. The van der Waals surface area contributed by atoms with Gasteiger partial charge in [-0.15, -0.1) is 0 Å². The molecule has 0 aliphatic carbocycles. The van der Waals surface area contributed by atoms with E-state index < -0.39 is 8.03 Å². The average molecular weight is 488 g/mol. The molecule has 35 heavy (non-hydrogen) atoms. The van der Waals surface area contributed by atoms with E-state index in [4.69, 9.17) is 14.6 Å². The van der Waals surface area contributed by atoms with Crippen LogP contribution in [0.3, 0.4) is 0 Å². The maximum atomic E-state index is 10.8. The maximum absolute atomic E-state index is 10.8. The second-order valence-electron chi connectivity index (χ2n) is 8.54. The minimum Gasteiger partial charge on any atom is -0.464 e. The van der Waals surface area contributed by atoms with E-state index in [1.54, 1.807) is 0 Å². The summed E-state index contributed by atoms with van der Waals surface area (Å²) in [7, 11) is -1.99. The van der Waals surface area contributed by atoms with Crippen LogP contribution < -0.4 is 4.74 Å². The van der Waals surface area contributed by atoms with Gasteiger partial charge in [0.25, 0.3) is 0 Å². The molecule has 1 aromatic heterocycles. The summed E-state index contributed by atoms with van der Waals surface area (Å²) in [5.41, 5.74) is 5.06. The molecule has 1 unspecified atom stereocenters. The molecule has 180 valence electrons. The van der Waals surface area contributed by atoms with Crippen LogP contribution in [0.4, 0.5) is 0 Å². The Bertz CT molecular complexity index is 1190. The highest BCUT2D eigenvalue weighted by molar-refractivity contribution is 7.37. The van der Waals surface area contributed by atoms with Crippen molar-refractivity contribution >= 4 is 8.03 Å². The fraction of sp³-hybridized carbons (Fsp3) is 0.276. The van der Waals surface area contributed by atoms with Crippen molar-refractivity contribution in [3.63, 3.8) is 0 Å². The minimum absolute atomic E-state index is 0.411. The van der Waals surface area contributed by atoms with Crippen molar-refractivity contribution in [2.45, 2.75) is 38.5 Å². The van der Waals surface area contributed by atoms with Gasteiger partial charge in [0.2, 0.25) is 0 Å². The SMILES string of the molecule is O=[P+](O)CCCCCCCCOc1nc(-c2ccccc2)c(-c2ccccc2)n1-c1ccccc1. The summed E-state index contributed by atoms with van der Waals surface area (Å²) in [6, 6.07) is 31.4. The largest absolute Gasteiger partial charge is 0.505 e. The fourth-order valence-electron chi connectivity index (χ4n) is 4.19. The molecule has 0 amide bonds. The third-order valence-electron chi connectivity index (χ3n) is 5.93. The molecule has 1 atom stereocenters. The molecule has 4 rings (SSSR count). The van der Waals surface area contributed by atoms with Gasteiger partial charge < -0.3 is 4.74 Å². The van der Waals surface area contributed by atoms with Crippen LogP contribution in [0.25, 0.3) is 28.2 Å². The van der Waals surface area contributed by atoms with Gasteiger partial charge in [-0.1, -0.05) is 98.1 Å². The van der Waals surface area contributed by atoms with Gasteiger partial charge in [0.15, 0.2) is 6.16 Å². The molecule has 0 bridgehead atoms. The number of hydrogen-bond acceptors (Lipinski definition) is 3. The number of nitrogens with zero attached hydrogens (tertiary/aromatic N) is 2. The Morgan fingerprint density at radius 3 is 1.89 bits per heavy atom. The maximum Gasteiger partial charge on any atom is 0.505 e. The van der Waals surface area contributed by atoms with E-state index in [1.165, 1.54) is 0 Å². The van der Waals surface area contributed by atoms with Crippen molar-refractivity contribution in [1.82, 2.24) is 9.55 Å². The number of ether oxygens (including phenoxy) is 1. The highest BCUT2D eigenvalue weighted by Gasteiger charge is 2.22. The third kappa shape index (κ3) is 6.88. The van der Waals surface area contributed by atoms with E-state index in [1.807, 2.05) is 54.6 Å². The molecule has 0 radical (unpaired) electrons. The molecule has 4 aromatic rings. The molecule has 3 aromatic carbocycles. The second-order valence-corrected chi connectivity index (χ2v) is 9.69. The molecule has 0 saturated heterocycles. The zero-order chi connectivity index (χ0) is 24.3. The normalized spacial score (nSPS) is 11.4. The highest BCUT2D eigenvalue weighted by Crippen LogP contribution is 2.37. The Balaban J connectivity index is 1.55. The van der Waals surface area contributed by atoms with Crippen LogP contribution in [0, 0.1) is 0 Å². The molecule has 5 nitrogen and oxygen atoms in total. The number of para-hydroxylation sites is 1. The average Bonchev–Trinajstić information content (AvgIpc) is 3.28. The number of imidazole rings is 1. The summed E-state index contributed by atoms with van der Waals surface area (Å²) in [5.74, 6) is 0. The van der Waals surface area contributed by atoms with Crippen molar-refractivity contribution in [3.8, 4) is 34.2 Å². The zero-order valence-electron chi connectivity index (χ0n) is 19.9. The van der Waals surface area contributed by atoms with Crippen LogP contribution in [-0.4, -0.2) is 27.2 Å². The number of aromatic nitrogens is 2. The Kier molecular flexibility index (Phi) is 9.22. The van der Waals surface area contributed by atoms with Crippen molar-refractivity contribution in [2.24, 2.45) is 0 Å². The van der Waals surface area contributed by atoms with Crippen molar-refractivity contribution < 1.29 is 14.2 Å². The van der Waals surface area contributed by atoms with E-state index in [9.17, 15) is 4.57 Å². The van der Waals surface area contributed by atoms with Crippen LogP contribution in [0.5, 0.6) is 6.01 Å². The van der Waals surface area contributed by atoms with Gasteiger partial charge in [-0.2, -0.15) is 9.88 Å². The van der Waals surface area contributed by atoms with Gasteiger partial charge in [0, 0.05) is 11.1 Å². The number of hydrogen-bond donors (Lipinski definition) is 1. The molecule has 0 aliphatic rings. The van der Waals surface area contributed by atoms with Crippen molar-refractivity contribution in [2.75, 3.05) is 12.8 Å².